The van der Waals surface area contributed by atoms with Crippen LogP contribution in [0.2, 0.25) is 0 Å². The van der Waals surface area contributed by atoms with Crippen LogP contribution in [0.3, 0.4) is 0 Å². The molecule has 3 rings (SSSR count). The monoisotopic (exact) mass is 353 g/mol. The van der Waals surface area contributed by atoms with Crippen molar-refractivity contribution >= 4 is 11.9 Å². The molecule has 1 N–H and O–H groups in total. The van der Waals surface area contributed by atoms with Crippen molar-refractivity contribution in [2.24, 2.45) is 0 Å². The number of hydrogen-bond acceptors (Lipinski definition) is 4. The molecule has 0 radical (unpaired) electrons. The van der Waals surface area contributed by atoms with Gasteiger partial charge in [-0.05, 0) is 24.6 Å². The third-order valence-corrected chi connectivity index (χ3v) is 4.06. The van der Waals surface area contributed by atoms with Crippen LogP contribution in [-0.2, 0) is 23.1 Å². The van der Waals surface area contributed by atoms with Gasteiger partial charge in [0.2, 0.25) is 0 Å². The molecule has 1 aromatic heterocycles. The molecule has 1 saturated heterocycles. The van der Waals surface area contributed by atoms with Gasteiger partial charge in [-0.15, -0.1) is 0 Å². The lowest BCUT2D eigenvalue weighted by molar-refractivity contribution is -0.138. The lowest BCUT2D eigenvalue weighted by Crippen LogP contribution is -2.41. The van der Waals surface area contributed by atoms with E-state index in [1.54, 1.807) is 0 Å². The van der Waals surface area contributed by atoms with Gasteiger partial charge in [-0.25, -0.2) is 9.78 Å². The van der Waals surface area contributed by atoms with Gasteiger partial charge in [0.15, 0.2) is 0 Å². The molecule has 1 unspecified atom stereocenters. The average molecular weight is 353 g/mol. The summed E-state index contributed by atoms with van der Waals surface area (Å²) in [5.41, 5.74) is -2.36. The number of alkyl halides is 3. The Hall–Kier alpha value is -2.91. The first-order valence-electron chi connectivity index (χ1n) is 7.36. The molecular weight excluding hydrogens is 339 g/mol. The molecule has 3 amide bonds. The first-order valence-corrected chi connectivity index (χ1v) is 7.36. The van der Waals surface area contributed by atoms with Crippen molar-refractivity contribution in [1.29, 1.82) is 0 Å². The van der Waals surface area contributed by atoms with E-state index in [1.165, 1.54) is 36.4 Å². The molecule has 0 spiro atoms. The Balaban J connectivity index is 1.84. The molecule has 7 nitrogen and oxygen atoms in total. The number of hydrogen-bond donors (Lipinski definition) is 1. The summed E-state index contributed by atoms with van der Waals surface area (Å²) in [4.78, 5) is 29.5. The van der Waals surface area contributed by atoms with Crippen molar-refractivity contribution in [2.75, 3.05) is 6.54 Å². The fraction of sp³-hybridized carbons (Fsp3) is 0.333. The first-order chi connectivity index (χ1) is 11.7. The normalized spacial score (nSPS) is 20.9. The largest absolute Gasteiger partial charge is 0.416 e. The van der Waals surface area contributed by atoms with E-state index in [2.05, 4.69) is 15.4 Å². The molecule has 25 heavy (non-hydrogen) atoms. The maximum atomic E-state index is 12.9. The zero-order valence-corrected chi connectivity index (χ0v) is 13.1. The highest BCUT2D eigenvalue weighted by atomic mass is 19.4. The molecule has 0 aliphatic carbocycles. The second kappa shape index (κ2) is 5.87. The van der Waals surface area contributed by atoms with Gasteiger partial charge in [-0.3, -0.25) is 14.4 Å². The molecule has 0 bridgehead atoms. The molecule has 1 atom stereocenters. The number of urea groups is 1. The quantitative estimate of drug-likeness (QED) is 0.850. The van der Waals surface area contributed by atoms with Crippen LogP contribution in [0.5, 0.6) is 0 Å². The predicted octanol–water partition coefficient (Wildman–Crippen LogP) is 1.76. The van der Waals surface area contributed by atoms with Gasteiger partial charge >= 0.3 is 12.2 Å². The van der Waals surface area contributed by atoms with E-state index in [0.29, 0.717) is 0 Å². The Kier molecular flexibility index (Phi) is 3.97. The SMILES string of the molecule is CC1(c2cccc(C(F)(F)F)c2)NC(=O)N(CCn2cncn2)C1=O. The van der Waals surface area contributed by atoms with Gasteiger partial charge in [0.25, 0.3) is 5.91 Å². The van der Waals surface area contributed by atoms with Crippen LogP contribution in [-0.4, -0.2) is 38.1 Å². The number of imide groups is 1. The standard InChI is InChI=1S/C15H14F3N5O2/c1-14(10-3-2-4-11(7-10)15(16,17)18)12(24)23(13(25)21-14)6-5-22-9-19-8-20-22/h2-4,7-9H,5-6H2,1H3,(H,21,25). The number of amides is 3. The number of nitrogens with zero attached hydrogens (tertiary/aromatic N) is 4. The smallest absolute Gasteiger partial charge is 0.319 e. The van der Waals surface area contributed by atoms with Crippen molar-refractivity contribution in [3.63, 3.8) is 0 Å². The molecule has 2 aromatic rings. The number of halogens is 3. The third-order valence-electron chi connectivity index (χ3n) is 4.06. The second-order valence-electron chi connectivity index (χ2n) is 5.75. The van der Waals surface area contributed by atoms with Crippen LogP contribution in [0.15, 0.2) is 36.9 Å². The number of benzene rings is 1. The fourth-order valence-electron chi connectivity index (χ4n) is 2.65. The molecule has 10 heteroatoms. The number of aromatic nitrogens is 3. The summed E-state index contributed by atoms with van der Waals surface area (Å²) in [6.07, 6.45) is -1.78. The first kappa shape index (κ1) is 16.9. The van der Waals surface area contributed by atoms with E-state index >= 15 is 0 Å². The number of rotatable bonds is 4. The summed E-state index contributed by atoms with van der Waals surface area (Å²) >= 11 is 0. The van der Waals surface area contributed by atoms with Gasteiger partial charge in [-0.2, -0.15) is 18.3 Å². The minimum Gasteiger partial charge on any atom is -0.319 e. The predicted molar refractivity (Wildman–Crippen MR) is 79.1 cm³/mol. The molecule has 1 fully saturated rings. The Morgan fingerprint density at radius 3 is 2.64 bits per heavy atom. The lowest BCUT2D eigenvalue weighted by atomic mass is 9.90. The van der Waals surface area contributed by atoms with Gasteiger partial charge in [0.05, 0.1) is 18.7 Å². The van der Waals surface area contributed by atoms with Gasteiger partial charge in [0.1, 0.15) is 18.2 Å². The highest BCUT2D eigenvalue weighted by molar-refractivity contribution is 6.07. The Bertz CT molecular complexity index is 806. The Morgan fingerprint density at radius 1 is 1.24 bits per heavy atom. The highest BCUT2D eigenvalue weighted by Crippen LogP contribution is 2.34. The van der Waals surface area contributed by atoms with Crippen LogP contribution in [0.1, 0.15) is 18.1 Å². The van der Waals surface area contributed by atoms with Crippen LogP contribution in [0.25, 0.3) is 0 Å². The van der Waals surface area contributed by atoms with E-state index in [0.717, 1.165) is 17.0 Å². The van der Waals surface area contributed by atoms with E-state index in [1.807, 2.05) is 0 Å². The molecule has 132 valence electrons. The van der Waals surface area contributed by atoms with Crippen molar-refractivity contribution in [3.05, 3.63) is 48.0 Å². The minimum atomic E-state index is -4.54. The van der Waals surface area contributed by atoms with Crippen LogP contribution >= 0.6 is 0 Å². The van der Waals surface area contributed by atoms with E-state index in [4.69, 9.17) is 0 Å². The molecule has 1 aliphatic rings. The van der Waals surface area contributed by atoms with Gasteiger partial charge in [-0.1, -0.05) is 12.1 Å². The average Bonchev–Trinajstić information content (AvgIpc) is 3.14. The Labute approximate surface area is 140 Å². The van der Waals surface area contributed by atoms with E-state index in [9.17, 15) is 22.8 Å². The zero-order valence-electron chi connectivity index (χ0n) is 13.1. The summed E-state index contributed by atoms with van der Waals surface area (Å²) in [7, 11) is 0. The summed E-state index contributed by atoms with van der Waals surface area (Å²) in [6.45, 7) is 1.65. The number of nitrogens with one attached hydrogen (secondary N) is 1. The van der Waals surface area contributed by atoms with Crippen molar-refractivity contribution in [3.8, 4) is 0 Å². The van der Waals surface area contributed by atoms with Crippen molar-refractivity contribution < 1.29 is 22.8 Å². The van der Waals surface area contributed by atoms with E-state index < -0.39 is 29.2 Å². The van der Waals surface area contributed by atoms with Crippen LogP contribution in [0, 0.1) is 0 Å². The highest BCUT2D eigenvalue weighted by Gasteiger charge is 2.49. The van der Waals surface area contributed by atoms with Crippen molar-refractivity contribution in [1.82, 2.24) is 25.0 Å². The fourth-order valence-corrected chi connectivity index (χ4v) is 2.65. The Morgan fingerprint density at radius 2 is 2.00 bits per heavy atom. The molecule has 2 heterocycles. The molecule has 1 aromatic carbocycles. The summed E-state index contributed by atoms with van der Waals surface area (Å²) in [5.74, 6) is -0.614. The van der Waals surface area contributed by atoms with E-state index in [-0.39, 0.29) is 18.7 Å². The number of carbonyl (C=O) groups excluding carboxylic acids is 2. The van der Waals surface area contributed by atoms with Gasteiger partial charge < -0.3 is 5.32 Å². The molecule has 1 aliphatic heterocycles. The van der Waals surface area contributed by atoms with Crippen molar-refractivity contribution in [2.45, 2.75) is 25.2 Å². The maximum Gasteiger partial charge on any atom is 0.416 e. The second-order valence-corrected chi connectivity index (χ2v) is 5.75. The van der Waals surface area contributed by atoms with Crippen LogP contribution in [0.4, 0.5) is 18.0 Å². The third kappa shape index (κ3) is 3.06. The molecule has 0 saturated carbocycles. The maximum absolute atomic E-state index is 12.9. The molecular formula is C15H14F3N5O2. The topological polar surface area (TPSA) is 80.1 Å². The summed E-state index contributed by atoms with van der Waals surface area (Å²) in [6, 6.07) is 3.72. The van der Waals surface area contributed by atoms with Crippen LogP contribution < -0.4 is 5.32 Å². The number of carbonyl (C=O) groups is 2. The minimum absolute atomic E-state index is 0.0303. The summed E-state index contributed by atoms with van der Waals surface area (Å²) in [5, 5.41) is 6.35. The lowest BCUT2D eigenvalue weighted by Gasteiger charge is -2.23. The van der Waals surface area contributed by atoms with Gasteiger partial charge in [0, 0.05) is 0 Å². The summed E-state index contributed by atoms with van der Waals surface area (Å²) < 4.78 is 40.2. The zero-order chi connectivity index (χ0) is 18.2.